The normalized spacial score (nSPS) is 21.1. The maximum atomic E-state index is 13.0. The summed E-state index contributed by atoms with van der Waals surface area (Å²) in [4.78, 5) is 31.9. The topological polar surface area (TPSA) is 102 Å². The number of hydrogen-bond acceptors (Lipinski definition) is 4. The number of benzene rings is 2. The van der Waals surface area contributed by atoms with Crippen molar-refractivity contribution in [3.05, 3.63) is 71.3 Å². The molecule has 8 heteroatoms. The number of carbonyl (C=O) groups excluding carboxylic acids is 1. The second kappa shape index (κ2) is 7.91. The summed E-state index contributed by atoms with van der Waals surface area (Å²) in [7, 11) is 0. The van der Waals surface area contributed by atoms with Gasteiger partial charge in [-0.1, -0.05) is 42.5 Å². The van der Waals surface area contributed by atoms with E-state index in [1.807, 2.05) is 34.1 Å². The van der Waals surface area contributed by atoms with E-state index in [9.17, 15) is 14.7 Å². The summed E-state index contributed by atoms with van der Waals surface area (Å²) in [6.45, 7) is 3.17. The van der Waals surface area contributed by atoms with Gasteiger partial charge < -0.3 is 19.9 Å². The van der Waals surface area contributed by atoms with Gasteiger partial charge in [0.1, 0.15) is 11.6 Å². The fraction of sp³-hybridized carbons (Fsp3) is 0.429. The quantitative estimate of drug-likeness (QED) is 0.558. The SMILES string of the molecule is O=C(O)c1ccccc1-c1ccc(C2CN(C(=O)N3CC4(CC(c5nnc(C6CC6)[nH]5)C4)C3)C2)cc1. The van der Waals surface area contributed by atoms with Crippen LogP contribution in [0.3, 0.4) is 0 Å². The Bertz CT molecular complexity index is 1330. The Hall–Kier alpha value is -3.68. The van der Waals surface area contributed by atoms with Crippen molar-refractivity contribution in [2.24, 2.45) is 5.41 Å². The highest BCUT2D eigenvalue weighted by Gasteiger charge is 2.56. The molecule has 0 bridgehead atoms. The molecule has 1 aromatic heterocycles. The molecule has 1 spiro atoms. The molecule has 3 aromatic rings. The molecule has 2 aliphatic carbocycles. The van der Waals surface area contributed by atoms with Crippen molar-refractivity contribution in [3.8, 4) is 11.1 Å². The first-order valence-electron chi connectivity index (χ1n) is 12.9. The number of H-pyrrole nitrogens is 1. The Labute approximate surface area is 209 Å². The van der Waals surface area contributed by atoms with Gasteiger partial charge in [0.25, 0.3) is 0 Å². The molecule has 0 atom stereocenters. The molecule has 4 aliphatic rings. The third-order valence-corrected chi connectivity index (χ3v) is 8.56. The third kappa shape index (κ3) is 3.58. The van der Waals surface area contributed by atoms with Crippen LogP contribution in [0.5, 0.6) is 0 Å². The lowest BCUT2D eigenvalue weighted by atomic mass is 9.57. The average Bonchev–Trinajstić information content (AvgIpc) is 3.54. The van der Waals surface area contributed by atoms with Crippen molar-refractivity contribution in [3.63, 3.8) is 0 Å². The maximum absolute atomic E-state index is 13.0. The van der Waals surface area contributed by atoms with Crippen molar-refractivity contribution in [2.75, 3.05) is 26.2 Å². The molecule has 2 saturated carbocycles. The van der Waals surface area contributed by atoms with E-state index < -0.39 is 5.97 Å². The second-order valence-corrected chi connectivity index (χ2v) is 11.2. The first kappa shape index (κ1) is 21.6. The number of aromatic nitrogens is 3. The van der Waals surface area contributed by atoms with Crippen LogP contribution in [0.4, 0.5) is 4.79 Å². The van der Waals surface area contributed by atoms with E-state index >= 15 is 0 Å². The number of amides is 2. The van der Waals surface area contributed by atoms with Crippen molar-refractivity contribution in [2.45, 2.75) is 43.4 Å². The summed E-state index contributed by atoms with van der Waals surface area (Å²) >= 11 is 0. The Morgan fingerprint density at radius 1 is 0.861 bits per heavy atom. The Kier molecular flexibility index (Phi) is 4.75. The second-order valence-electron chi connectivity index (χ2n) is 11.2. The minimum Gasteiger partial charge on any atom is -0.478 e. The van der Waals surface area contributed by atoms with Gasteiger partial charge in [-0.25, -0.2) is 9.59 Å². The van der Waals surface area contributed by atoms with Crippen LogP contribution in [0.2, 0.25) is 0 Å². The van der Waals surface area contributed by atoms with Gasteiger partial charge in [0.2, 0.25) is 0 Å². The number of rotatable bonds is 5. The summed E-state index contributed by atoms with van der Waals surface area (Å²) in [5, 5.41) is 18.2. The molecule has 36 heavy (non-hydrogen) atoms. The van der Waals surface area contributed by atoms with Gasteiger partial charge >= 0.3 is 12.0 Å². The minimum atomic E-state index is -0.922. The summed E-state index contributed by atoms with van der Waals surface area (Å²) in [5.74, 6) is 2.56. The van der Waals surface area contributed by atoms with Crippen LogP contribution in [0.25, 0.3) is 11.1 Å². The van der Waals surface area contributed by atoms with Gasteiger partial charge in [0, 0.05) is 49.3 Å². The highest BCUT2D eigenvalue weighted by Crippen LogP contribution is 2.56. The highest BCUT2D eigenvalue weighted by atomic mass is 16.4. The molecule has 8 nitrogen and oxygen atoms in total. The number of nitrogens with one attached hydrogen (secondary N) is 1. The molecule has 184 valence electrons. The maximum Gasteiger partial charge on any atom is 0.336 e. The number of nitrogens with zero attached hydrogens (tertiary/aromatic N) is 4. The van der Waals surface area contributed by atoms with Gasteiger partial charge in [-0.15, -0.1) is 10.2 Å². The summed E-state index contributed by atoms with van der Waals surface area (Å²) in [6.07, 6.45) is 4.64. The van der Waals surface area contributed by atoms with Crippen molar-refractivity contribution >= 4 is 12.0 Å². The molecule has 2 saturated heterocycles. The van der Waals surface area contributed by atoms with Crippen LogP contribution in [0.1, 0.15) is 71.0 Å². The Morgan fingerprint density at radius 2 is 1.53 bits per heavy atom. The van der Waals surface area contributed by atoms with Crippen LogP contribution in [0, 0.1) is 5.41 Å². The number of carbonyl (C=O) groups is 2. The van der Waals surface area contributed by atoms with Gasteiger partial charge in [-0.05, 0) is 48.4 Å². The zero-order valence-electron chi connectivity index (χ0n) is 20.1. The van der Waals surface area contributed by atoms with E-state index in [0.29, 0.717) is 23.3 Å². The molecular formula is C28H29N5O3. The number of urea groups is 1. The average molecular weight is 484 g/mol. The predicted molar refractivity (Wildman–Crippen MR) is 133 cm³/mol. The Morgan fingerprint density at radius 3 is 2.19 bits per heavy atom. The van der Waals surface area contributed by atoms with Gasteiger partial charge in [-0.2, -0.15) is 0 Å². The zero-order valence-corrected chi connectivity index (χ0v) is 20.1. The molecule has 2 aliphatic heterocycles. The lowest BCUT2D eigenvalue weighted by molar-refractivity contribution is -0.0601. The lowest BCUT2D eigenvalue weighted by Gasteiger charge is -2.59. The lowest BCUT2D eigenvalue weighted by Crippen LogP contribution is -2.67. The van der Waals surface area contributed by atoms with Crippen LogP contribution < -0.4 is 0 Å². The summed E-state index contributed by atoms with van der Waals surface area (Å²) < 4.78 is 0. The molecule has 2 N–H and O–H groups in total. The van der Waals surface area contributed by atoms with E-state index in [2.05, 4.69) is 27.3 Å². The summed E-state index contributed by atoms with van der Waals surface area (Å²) in [6, 6.07) is 15.3. The predicted octanol–water partition coefficient (Wildman–Crippen LogP) is 4.45. The molecule has 7 rings (SSSR count). The number of carboxylic acids is 1. The molecule has 2 aromatic carbocycles. The summed E-state index contributed by atoms with van der Waals surface area (Å²) in [5.41, 5.74) is 3.38. The number of likely N-dealkylation sites (tertiary alicyclic amines) is 2. The first-order chi connectivity index (χ1) is 17.5. The van der Waals surface area contributed by atoms with E-state index in [1.165, 1.54) is 18.4 Å². The van der Waals surface area contributed by atoms with Crippen molar-refractivity contribution < 1.29 is 14.7 Å². The third-order valence-electron chi connectivity index (χ3n) is 8.56. The van der Waals surface area contributed by atoms with Gasteiger partial charge in [0.05, 0.1) is 5.56 Å². The van der Waals surface area contributed by atoms with Crippen LogP contribution in [-0.2, 0) is 0 Å². The molecule has 4 fully saturated rings. The fourth-order valence-electron chi connectivity index (χ4n) is 6.25. The van der Waals surface area contributed by atoms with Crippen molar-refractivity contribution in [1.82, 2.24) is 25.0 Å². The molecule has 2 amide bonds. The van der Waals surface area contributed by atoms with Crippen LogP contribution >= 0.6 is 0 Å². The van der Waals surface area contributed by atoms with Gasteiger partial charge in [0.15, 0.2) is 0 Å². The molecule has 3 heterocycles. The number of aromatic amines is 1. The highest BCUT2D eigenvalue weighted by molar-refractivity contribution is 5.96. The number of aromatic carboxylic acids is 1. The first-order valence-corrected chi connectivity index (χ1v) is 12.9. The van der Waals surface area contributed by atoms with E-state index in [1.54, 1.807) is 12.1 Å². The zero-order chi connectivity index (χ0) is 24.4. The standard InChI is InChI=1S/C28H29N5O3/c34-26(35)23-4-2-1-3-22(23)18-7-5-17(6-8-18)21-13-32(14-21)27(36)33-15-28(16-33)11-20(12-28)25-29-24(30-31-25)19-9-10-19/h1-8,19-21H,9-16H2,(H,34,35)(H,29,30,31). The van der Waals surface area contributed by atoms with Crippen molar-refractivity contribution in [1.29, 1.82) is 0 Å². The number of carboxylic acid groups (broad SMARTS) is 1. The number of hydrogen-bond donors (Lipinski definition) is 2. The molecule has 0 radical (unpaired) electrons. The van der Waals surface area contributed by atoms with E-state index in [-0.39, 0.29) is 11.4 Å². The van der Waals surface area contributed by atoms with Gasteiger partial charge in [-0.3, -0.25) is 0 Å². The largest absolute Gasteiger partial charge is 0.478 e. The van der Waals surface area contributed by atoms with E-state index in [0.717, 1.165) is 61.8 Å². The smallest absolute Gasteiger partial charge is 0.336 e. The minimum absolute atomic E-state index is 0.156. The molecule has 0 unspecified atom stereocenters. The van der Waals surface area contributed by atoms with Crippen LogP contribution in [-0.4, -0.2) is 68.3 Å². The monoisotopic (exact) mass is 483 g/mol. The Balaban J connectivity index is 0.906. The van der Waals surface area contributed by atoms with E-state index in [4.69, 9.17) is 0 Å². The fourth-order valence-corrected chi connectivity index (χ4v) is 6.25. The van der Waals surface area contributed by atoms with Crippen LogP contribution in [0.15, 0.2) is 48.5 Å². The molecular weight excluding hydrogens is 454 g/mol.